The van der Waals surface area contributed by atoms with Crippen LogP contribution in [0.25, 0.3) is 0 Å². The summed E-state index contributed by atoms with van der Waals surface area (Å²) in [5.74, 6) is -1.29. The van der Waals surface area contributed by atoms with Crippen LogP contribution in [0.3, 0.4) is 0 Å². The largest absolute Gasteiger partial charge is 0.380 e. The number of halogens is 2. The minimum absolute atomic E-state index is 0.143. The second-order valence-corrected chi connectivity index (χ2v) is 5.58. The molecule has 0 aliphatic carbocycles. The highest BCUT2D eigenvalue weighted by molar-refractivity contribution is 7.85. The molecule has 3 nitrogen and oxygen atoms in total. The number of hydrogen-bond acceptors (Lipinski definition) is 3. The molecule has 94 valence electrons. The van der Waals surface area contributed by atoms with Crippen LogP contribution in [0, 0.1) is 11.6 Å². The molecule has 0 bridgehead atoms. The van der Waals surface area contributed by atoms with E-state index in [2.05, 4.69) is 0 Å². The molecule has 0 spiro atoms. The highest BCUT2D eigenvalue weighted by Gasteiger charge is 2.30. The van der Waals surface area contributed by atoms with Crippen molar-refractivity contribution in [1.29, 1.82) is 0 Å². The van der Waals surface area contributed by atoms with Crippen molar-refractivity contribution in [1.82, 2.24) is 0 Å². The minimum atomic E-state index is -1.69. The van der Waals surface area contributed by atoms with Crippen LogP contribution in [0.2, 0.25) is 0 Å². The van der Waals surface area contributed by atoms with Gasteiger partial charge in [0.2, 0.25) is 0 Å². The first-order chi connectivity index (χ1) is 8.09. The lowest BCUT2D eigenvalue weighted by atomic mass is 10.1. The van der Waals surface area contributed by atoms with Gasteiger partial charge in [-0.2, -0.15) is 0 Å². The summed E-state index contributed by atoms with van der Waals surface area (Å²) < 4.78 is 43.8. The summed E-state index contributed by atoms with van der Waals surface area (Å²) in [4.78, 5) is -0.143. The van der Waals surface area contributed by atoms with E-state index in [1.165, 1.54) is 0 Å². The van der Waals surface area contributed by atoms with E-state index in [4.69, 9.17) is 10.5 Å². The maximum atomic E-state index is 13.5. The molecule has 1 aromatic rings. The zero-order valence-corrected chi connectivity index (χ0v) is 9.88. The van der Waals surface area contributed by atoms with Gasteiger partial charge >= 0.3 is 0 Å². The number of ether oxygens (including phenoxy) is 1. The van der Waals surface area contributed by atoms with E-state index in [9.17, 15) is 13.0 Å². The van der Waals surface area contributed by atoms with E-state index in [-0.39, 0.29) is 17.5 Å². The molecule has 0 saturated carbocycles. The fraction of sp³-hybridized carbons (Fsp3) is 0.455. The molecular weight excluding hydrogens is 248 g/mol. The molecule has 17 heavy (non-hydrogen) atoms. The highest BCUT2D eigenvalue weighted by atomic mass is 32.2. The Labute approximate surface area is 100 Å². The lowest BCUT2D eigenvalue weighted by Crippen LogP contribution is -2.45. The zero-order valence-electron chi connectivity index (χ0n) is 9.07. The van der Waals surface area contributed by atoms with Crippen molar-refractivity contribution in [2.45, 2.75) is 22.6 Å². The first-order valence-corrected chi connectivity index (χ1v) is 6.50. The third-order valence-electron chi connectivity index (χ3n) is 2.74. The van der Waals surface area contributed by atoms with Gasteiger partial charge in [-0.15, -0.1) is 0 Å². The summed E-state index contributed by atoms with van der Waals surface area (Å²) in [5.41, 5.74) is 5.82. The van der Waals surface area contributed by atoms with E-state index in [0.717, 1.165) is 18.2 Å². The summed E-state index contributed by atoms with van der Waals surface area (Å²) in [7, 11) is -1.69. The Morgan fingerprint density at radius 1 is 1.41 bits per heavy atom. The van der Waals surface area contributed by atoms with Crippen molar-refractivity contribution < 1.29 is 17.7 Å². The lowest BCUT2D eigenvalue weighted by Gasteiger charge is -2.27. The third kappa shape index (κ3) is 2.70. The summed E-state index contributed by atoms with van der Waals surface area (Å²) in [6, 6.07) is 2.60. The van der Waals surface area contributed by atoms with Gasteiger partial charge in [0, 0.05) is 12.6 Å². The first-order valence-electron chi connectivity index (χ1n) is 5.28. The van der Waals surface area contributed by atoms with Crippen LogP contribution >= 0.6 is 0 Å². The van der Waals surface area contributed by atoms with Crippen molar-refractivity contribution >= 4 is 10.8 Å². The smallest absolute Gasteiger partial charge is 0.139 e. The van der Waals surface area contributed by atoms with Gasteiger partial charge in [-0.25, -0.2) is 8.78 Å². The van der Waals surface area contributed by atoms with Crippen LogP contribution in [0.5, 0.6) is 0 Å². The van der Waals surface area contributed by atoms with Crippen LogP contribution in [-0.4, -0.2) is 28.7 Å². The van der Waals surface area contributed by atoms with Crippen LogP contribution in [0.15, 0.2) is 23.1 Å². The molecule has 3 unspecified atom stereocenters. The molecule has 1 heterocycles. The van der Waals surface area contributed by atoms with Crippen LogP contribution < -0.4 is 5.73 Å². The van der Waals surface area contributed by atoms with Crippen molar-refractivity contribution in [3.05, 3.63) is 29.8 Å². The molecule has 1 aliphatic heterocycles. The van der Waals surface area contributed by atoms with Gasteiger partial charge in [0.05, 0.1) is 27.6 Å². The summed E-state index contributed by atoms with van der Waals surface area (Å²) in [6.07, 6.45) is 0.577. The number of rotatable bonds is 2. The van der Waals surface area contributed by atoms with Crippen LogP contribution in [0.4, 0.5) is 8.78 Å². The number of hydrogen-bond donors (Lipinski definition) is 1. The number of benzene rings is 1. The quantitative estimate of drug-likeness (QED) is 0.870. The average Bonchev–Trinajstić information content (AvgIpc) is 2.32. The molecule has 6 heteroatoms. The Kier molecular flexibility index (Phi) is 3.86. The Morgan fingerprint density at radius 2 is 2.18 bits per heavy atom. The van der Waals surface area contributed by atoms with E-state index in [1.54, 1.807) is 0 Å². The van der Waals surface area contributed by atoms with Gasteiger partial charge in [0.1, 0.15) is 11.6 Å². The maximum Gasteiger partial charge on any atom is 0.139 e. The molecule has 2 rings (SSSR count). The Hall–Kier alpha value is -0.850. The predicted octanol–water partition coefficient (Wildman–Crippen LogP) is 1.19. The second kappa shape index (κ2) is 5.20. The average molecular weight is 261 g/mol. The highest BCUT2D eigenvalue weighted by Crippen LogP contribution is 2.21. The Balaban J connectivity index is 2.26. The van der Waals surface area contributed by atoms with Crippen molar-refractivity contribution in [3.63, 3.8) is 0 Å². The molecule has 0 amide bonds. The van der Waals surface area contributed by atoms with Gasteiger partial charge in [-0.1, -0.05) is 0 Å². The summed E-state index contributed by atoms with van der Waals surface area (Å²) in [6.45, 7) is 0.726. The molecular formula is C11H13F2NO2S. The van der Waals surface area contributed by atoms with E-state index in [0.29, 0.717) is 13.0 Å². The lowest BCUT2D eigenvalue weighted by molar-refractivity contribution is 0.0903. The topological polar surface area (TPSA) is 52.3 Å². The van der Waals surface area contributed by atoms with Crippen molar-refractivity contribution in [2.75, 3.05) is 13.2 Å². The Bertz CT molecular complexity index is 441. The van der Waals surface area contributed by atoms with E-state index >= 15 is 0 Å². The molecule has 1 saturated heterocycles. The first kappa shape index (κ1) is 12.6. The number of nitrogens with two attached hydrogens (primary N) is 1. The minimum Gasteiger partial charge on any atom is -0.380 e. The molecule has 3 atom stereocenters. The third-order valence-corrected chi connectivity index (χ3v) is 4.52. The van der Waals surface area contributed by atoms with E-state index in [1.807, 2.05) is 0 Å². The molecule has 2 N–H and O–H groups in total. The second-order valence-electron chi connectivity index (χ2n) is 3.94. The molecule has 1 aliphatic rings. The maximum absolute atomic E-state index is 13.5. The zero-order chi connectivity index (χ0) is 12.4. The molecule has 1 fully saturated rings. The van der Waals surface area contributed by atoms with Gasteiger partial charge in [-0.3, -0.25) is 4.21 Å². The molecule has 0 radical (unpaired) electrons. The molecule has 0 aromatic heterocycles. The fourth-order valence-electron chi connectivity index (χ4n) is 1.74. The van der Waals surface area contributed by atoms with Gasteiger partial charge < -0.3 is 10.5 Å². The van der Waals surface area contributed by atoms with Crippen molar-refractivity contribution in [3.8, 4) is 0 Å². The van der Waals surface area contributed by atoms with Crippen LogP contribution in [0.1, 0.15) is 6.42 Å². The fourth-order valence-corrected chi connectivity index (χ4v) is 3.23. The Morgan fingerprint density at radius 3 is 2.88 bits per heavy atom. The normalized spacial score (nSPS) is 26.8. The van der Waals surface area contributed by atoms with Gasteiger partial charge in [0.25, 0.3) is 0 Å². The van der Waals surface area contributed by atoms with Gasteiger partial charge in [0.15, 0.2) is 0 Å². The summed E-state index contributed by atoms with van der Waals surface area (Å²) >= 11 is 0. The van der Waals surface area contributed by atoms with Crippen molar-refractivity contribution in [2.24, 2.45) is 5.73 Å². The summed E-state index contributed by atoms with van der Waals surface area (Å²) in [5, 5.41) is -0.486. The monoisotopic (exact) mass is 261 g/mol. The standard InChI is InChI=1S/C11H13F2NO2S/c12-7-1-2-8(13)10(5-7)17(15)11-6-16-4-3-9(11)14/h1-2,5,9,11H,3-4,6,14H2. The van der Waals surface area contributed by atoms with Gasteiger partial charge in [-0.05, 0) is 24.6 Å². The van der Waals surface area contributed by atoms with Crippen LogP contribution in [-0.2, 0) is 15.5 Å². The molecule has 1 aromatic carbocycles. The van der Waals surface area contributed by atoms with E-state index < -0.39 is 27.7 Å². The predicted molar refractivity (Wildman–Crippen MR) is 60.0 cm³/mol. The SMILES string of the molecule is NC1CCOCC1S(=O)c1cc(F)ccc1F.